The lowest BCUT2D eigenvalue weighted by Crippen LogP contribution is -2.49. The van der Waals surface area contributed by atoms with Gasteiger partial charge in [0.1, 0.15) is 0 Å². The molecule has 0 radical (unpaired) electrons. The van der Waals surface area contributed by atoms with Crippen LogP contribution in [0.2, 0.25) is 0 Å². The van der Waals surface area contributed by atoms with Gasteiger partial charge in [-0.1, -0.05) is 73.4 Å². The van der Waals surface area contributed by atoms with Gasteiger partial charge in [0.2, 0.25) is 10.0 Å². The van der Waals surface area contributed by atoms with Gasteiger partial charge in [-0.25, -0.2) is 13.1 Å². The predicted octanol–water partition coefficient (Wildman–Crippen LogP) is 6.21. The number of benzene rings is 3. The molecule has 1 aliphatic heterocycles. The van der Waals surface area contributed by atoms with Crippen molar-refractivity contribution in [3.8, 4) is 0 Å². The zero-order valence-corrected chi connectivity index (χ0v) is 20.9. The van der Waals surface area contributed by atoms with Gasteiger partial charge in [-0.05, 0) is 86.1 Å². The largest absolute Gasteiger partial charge is 0.300 e. The molecule has 2 aliphatic rings. The van der Waals surface area contributed by atoms with Crippen molar-refractivity contribution in [3.05, 3.63) is 77.9 Å². The third kappa shape index (κ3) is 5.07. The van der Waals surface area contributed by atoms with E-state index in [0.29, 0.717) is 10.9 Å². The summed E-state index contributed by atoms with van der Waals surface area (Å²) in [6.07, 6.45) is 8.40. The summed E-state index contributed by atoms with van der Waals surface area (Å²) >= 11 is 0. The van der Waals surface area contributed by atoms with Crippen LogP contribution in [0.15, 0.2) is 71.6 Å². The van der Waals surface area contributed by atoms with Crippen molar-refractivity contribution in [2.45, 2.75) is 68.8 Å². The molecule has 1 heterocycles. The molecule has 0 amide bonds. The lowest BCUT2D eigenvalue weighted by Gasteiger charge is -2.45. The predicted molar refractivity (Wildman–Crippen MR) is 139 cm³/mol. The second-order valence-corrected chi connectivity index (χ2v) is 11.8. The molecule has 3 aromatic rings. The molecule has 5 rings (SSSR count). The maximum atomic E-state index is 13.6. The van der Waals surface area contributed by atoms with E-state index in [1.807, 2.05) is 25.1 Å². The van der Waals surface area contributed by atoms with Gasteiger partial charge in [-0.2, -0.15) is 0 Å². The Morgan fingerprint density at radius 2 is 1.53 bits per heavy atom. The average Bonchev–Trinajstić information content (AvgIpc) is 2.88. The van der Waals surface area contributed by atoms with Crippen molar-refractivity contribution in [2.75, 3.05) is 13.1 Å². The third-order valence-electron chi connectivity index (χ3n) is 7.82. The smallest absolute Gasteiger partial charge is 0.241 e. The molecule has 4 nitrogen and oxygen atoms in total. The zero-order chi connectivity index (χ0) is 23.5. The van der Waals surface area contributed by atoms with Crippen molar-refractivity contribution in [1.82, 2.24) is 9.62 Å². The molecule has 3 aromatic carbocycles. The first-order valence-electron chi connectivity index (χ1n) is 12.8. The first-order chi connectivity index (χ1) is 16.5. The SMILES string of the molecule is Cc1ccc(S(=O)(=O)N[C@H](c2ccc3ccccc3c2)[C@H]2CCCC[C@@H]2N2CCCCC2)cc1. The van der Waals surface area contributed by atoms with Crippen LogP contribution in [0.4, 0.5) is 0 Å². The zero-order valence-electron chi connectivity index (χ0n) is 20.1. The monoisotopic (exact) mass is 476 g/mol. The van der Waals surface area contributed by atoms with Gasteiger partial charge in [0.05, 0.1) is 10.9 Å². The number of rotatable bonds is 6. The van der Waals surface area contributed by atoms with Crippen LogP contribution >= 0.6 is 0 Å². The van der Waals surface area contributed by atoms with Gasteiger partial charge in [-0.15, -0.1) is 0 Å². The van der Waals surface area contributed by atoms with E-state index in [1.165, 1.54) is 31.1 Å². The number of piperidine rings is 1. The van der Waals surface area contributed by atoms with E-state index in [2.05, 4.69) is 46.0 Å². The maximum absolute atomic E-state index is 13.6. The number of likely N-dealkylation sites (tertiary alicyclic amines) is 1. The molecule has 0 bridgehead atoms. The second kappa shape index (κ2) is 10.2. The van der Waals surface area contributed by atoms with Crippen LogP contribution in [0.25, 0.3) is 10.8 Å². The molecule has 2 fully saturated rings. The average molecular weight is 477 g/mol. The molecule has 3 atom stereocenters. The molecule has 5 heteroatoms. The van der Waals surface area contributed by atoms with Crippen LogP contribution in [0, 0.1) is 12.8 Å². The molecule has 1 saturated carbocycles. The Morgan fingerprint density at radius 1 is 0.824 bits per heavy atom. The van der Waals surface area contributed by atoms with Crippen LogP contribution < -0.4 is 4.72 Å². The summed E-state index contributed by atoms with van der Waals surface area (Å²) in [7, 11) is -3.65. The minimum atomic E-state index is -3.65. The summed E-state index contributed by atoms with van der Waals surface area (Å²) in [5.74, 6) is 0.258. The van der Waals surface area contributed by atoms with E-state index < -0.39 is 10.0 Å². The minimum Gasteiger partial charge on any atom is -0.300 e. The van der Waals surface area contributed by atoms with Gasteiger partial charge in [0.15, 0.2) is 0 Å². The Morgan fingerprint density at radius 3 is 2.29 bits per heavy atom. The second-order valence-electron chi connectivity index (χ2n) is 10.1. The topological polar surface area (TPSA) is 49.4 Å². The van der Waals surface area contributed by atoms with E-state index in [4.69, 9.17) is 0 Å². The van der Waals surface area contributed by atoms with Crippen molar-refractivity contribution in [1.29, 1.82) is 0 Å². The van der Waals surface area contributed by atoms with Crippen molar-refractivity contribution in [3.63, 3.8) is 0 Å². The molecule has 1 aliphatic carbocycles. The van der Waals surface area contributed by atoms with E-state index >= 15 is 0 Å². The first kappa shape index (κ1) is 23.5. The molecule has 180 valence electrons. The fourth-order valence-electron chi connectivity index (χ4n) is 5.99. The van der Waals surface area contributed by atoms with E-state index in [-0.39, 0.29) is 12.0 Å². The molecule has 0 aromatic heterocycles. The maximum Gasteiger partial charge on any atom is 0.241 e. The highest BCUT2D eigenvalue weighted by molar-refractivity contribution is 7.89. The molecule has 1 saturated heterocycles. The van der Waals surface area contributed by atoms with Crippen LogP contribution in [0.3, 0.4) is 0 Å². The van der Waals surface area contributed by atoms with Gasteiger partial charge >= 0.3 is 0 Å². The summed E-state index contributed by atoms with van der Waals surface area (Å²) < 4.78 is 30.4. The Labute approximate surface area is 204 Å². The van der Waals surface area contributed by atoms with Gasteiger partial charge < -0.3 is 4.90 Å². The van der Waals surface area contributed by atoms with Crippen LogP contribution in [0.1, 0.15) is 62.1 Å². The van der Waals surface area contributed by atoms with Crippen molar-refractivity contribution >= 4 is 20.8 Å². The summed E-state index contributed by atoms with van der Waals surface area (Å²) in [4.78, 5) is 3.00. The number of aryl methyl sites for hydroxylation is 1. The van der Waals surface area contributed by atoms with E-state index in [1.54, 1.807) is 12.1 Å². The standard InChI is InChI=1S/C29H36N2O2S/c1-22-13-17-26(18-14-22)34(32,33)30-29(25-16-15-23-9-3-4-10-24(23)21-25)27-11-5-6-12-28(27)31-19-7-2-8-20-31/h3-4,9-10,13-18,21,27-30H,2,5-8,11-12,19-20H2,1H3/t27-,28-,29+/m0/s1. The highest BCUT2D eigenvalue weighted by atomic mass is 32.2. The fourth-order valence-corrected chi connectivity index (χ4v) is 7.26. The summed E-state index contributed by atoms with van der Waals surface area (Å²) in [5.41, 5.74) is 2.13. The van der Waals surface area contributed by atoms with Crippen LogP contribution in [0.5, 0.6) is 0 Å². The molecule has 0 spiro atoms. The number of nitrogens with one attached hydrogen (secondary N) is 1. The Balaban J connectivity index is 1.54. The van der Waals surface area contributed by atoms with Gasteiger partial charge in [0.25, 0.3) is 0 Å². The molecular weight excluding hydrogens is 440 g/mol. The van der Waals surface area contributed by atoms with Crippen LogP contribution in [-0.4, -0.2) is 32.4 Å². The Hall–Kier alpha value is -2.21. The van der Waals surface area contributed by atoms with Gasteiger partial charge in [0, 0.05) is 6.04 Å². The Kier molecular flexibility index (Phi) is 7.05. The van der Waals surface area contributed by atoms with Crippen LogP contribution in [-0.2, 0) is 10.0 Å². The molecule has 0 unspecified atom stereocenters. The van der Waals surface area contributed by atoms with E-state index in [0.717, 1.165) is 48.9 Å². The third-order valence-corrected chi connectivity index (χ3v) is 9.27. The quantitative estimate of drug-likeness (QED) is 0.460. The fraction of sp³-hybridized carbons (Fsp3) is 0.448. The first-order valence-corrected chi connectivity index (χ1v) is 14.3. The summed E-state index contributed by atoms with van der Waals surface area (Å²) in [6.45, 7) is 4.25. The number of fused-ring (bicyclic) bond motifs is 1. The summed E-state index contributed by atoms with van der Waals surface area (Å²) in [6, 6.07) is 22.2. The lowest BCUT2D eigenvalue weighted by molar-refractivity contribution is 0.0695. The molecule has 34 heavy (non-hydrogen) atoms. The highest BCUT2D eigenvalue weighted by Crippen LogP contribution is 2.40. The normalized spacial score (nSPS) is 23.1. The lowest BCUT2D eigenvalue weighted by atomic mass is 9.76. The minimum absolute atomic E-state index is 0.247. The molecule has 1 N–H and O–H groups in total. The van der Waals surface area contributed by atoms with Gasteiger partial charge in [-0.3, -0.25) is 0 Å². The highest BCUT2D eigenvalue weighted by Gasteiger charge is 2.38. The van der Waals surface area contributed by atoms with Crippen molar-refractivity contribution < 1.29 is 8.42 Å². The molecular formula is C29H36N2O2S. The number of hydrogen-bond acceptors (Lipinski definition) is 3. The number of hydrogen-bond donors (Lipinski definition) is 1. The van der Waals surface area contributed by atoms with Crippen molar-refractivity contribution in [2.24, 2.45) is 5.92 Å². The summed E-state index contributed by atoms with van der Waals surface area (Å²) in [5, 5.41) is 2.34. The number of nitrogens with zero attached hydrogens (tertiary/aromatic N) is 1. The number of sulfonamides is 1. The Bertz CT molecular complexity index is 1220. The van der Waals surface area contributed by atoms with E-state index in [9.17, 15) is 8.42 Å².